The molecule has 0 spiro atoms. The molecule has 1 atom stereocenters. The highest BCUT2D eigenvalue weighted by atomic mass is 31.1. The van der Waals surface area contributed by atoms with E-state index in [9.17, 15) is 4.57 Å². The Balaban J connectivity index is 2.15. The first kappa shape index (κ1) is 10.1. The molecule has 5 heteroatoms. The van der Waals surface area contributed by atoms with Crippen LogP contribution in [0.25, 0.3) is 0 Å². The Kier molecular flexibility index (Phi) is 4.69. The second kappa shape index (κ2) is 5.60. The van der Waals surface area contributed by atoms with Gasteiger partial charge in [-0.15, -0.1) is 9.59 Å². The predicted octanol–water partition coefficient (Wildman–Crippen LogP) is 2.10. The van der Waals surface area contributed by atoms with Gasteiger partial charge < -0.3 is 0 Å². The molecular weight excluding hydrogens is 177 g/mol. The number of rotatable bonds is 4. The van der Waals surface area contributed by atoms with Crippen molar-refractivity contribution in [2.24, 2.45) is 0 Å². The summed E-state index contributed by atoms with van der Waals surface area (Å²) in [5, 5.41) is 1.73. The molecule has 4 nitrogen and oxygen atoms in total. The van der Waals surface area contributed by atoms with Gasteiger partial charge in [-0.1, -0.05) is 6.42 Å². The Morgan fingerprint density at radius 1 is 1.33 bits per heavy atom. The van der Waals surface area contributed by atoms with Crippen molar-refractivity contribution in [1.82, 2.24) is 5.06 Å². The highest BCUT2D eigenvalue weighted by Crippen LogP contribution is 2.26. The molecule has 12 heavy (non-hydrogen) atoms. The average Bonchev–Trinajstić information content (AvgIpc) is 2.06. The molecule has 0 saturated carbocycles. The Morgan fingerprint density at radius 2 is 2.00 bits per heavy atom. The van der Waals surface area contributed by atoms with Crippen LogP contribution in [0.2, 0.25) is 0 Å². The molecule has 0 bridgehead atoms. The van der Waals surface area contributed by atoms with Gasteiger partial charge in [0.2, 0.25) is 0 Å². The topological polar surface area (TPSA) is 38.8 Å². The van der Waals surface area contributed by atoms with Crippen molar-refractivity contribution in [3.63, 3.8) is 0 Å². The van der Waals surface area contributed by atoms with Crippen LogP contribution in [0.1, 0.15) is 26.2 Å². The second-order valence-electron chi connectivity index (χ2n) is 2.71. The molecule has 0 aromatic rings. The molecule has 1 aliphatic heterocycles. The van der Waals surface area contributed by atoms with E-state index in [4.69, 9.17) is 9.15 Å². The van der Waals surface area contributed by atoms with E-state index in [1.807, 2.05) is 0 Å². The van der Waals surface area contributed by atoms with Crippen molar-refractivity contribution in [3.05, 3.63) is 0 Å². The Morgan fingerprint density at radius 3 is 2.58 bits per heavy atom. The van der Waals surface area contributed by atoms with E-state index >= 15 is 0 Å². The maximum absolute atomic E-state index is 11.0. The molecule has 0 aromatic carbocycles. The smallest absolute Gasteiger partial charge is 0.136 e. The molecule has 0 amide bonds. The van der Waals surface area contributed by atoms with Crippen LogP contribution in [0.15, 0.2) is 0 Å². The molecule has 1 aliphatic rings. The van der Waals surface area contributed by atoms with Gasteiger partial charge in [0.15, 0.2) is 0 Å². The van der Waals surface area contributed by atoms with Gasteiger partial charge in [0, 0.05) is 17.7 Å². The van der Waals surface area contributed by atoms with Gasteiger partial charge in [0.05, 0.1) is 0 Å². The number of nitrogens with zero attached hydrogens (tertiary/aromatic N) is 1. The lowest BCUT2D eigenvalue weighted by atomic mass is 10.2. The fourth-order valence-electron chi connectivity index (χ4n) is 1.17. The van der Waals surface area contributed by atoms with Crippen LogP contribution in [0.4, 0.5) is 0 Å². The van der Waals surface area contributed by atoms with Crippen molar-refractivity contribution >= 4 is 8.25 Å². The monoisotopic (exact) mass is 192 g/mol. The Bertz CT molecular complexity index is 148. The standard InChI is InChI=1S/C7H15NO3P/c1-2-10-12(9)11-8-6-4-3-5-7-8/h2-7H2,1H3/q+1. The van der Waals surface area contributed by atoms with Gasteiger partial charge in [-0.3, -0.25) is 0 Å². The minimum Gasteiger partial charge on any atom is -0.136 e. The van der Waals surface area contributed by atoms with E-state index in [0.29, 0.717) is 6.61 Å². The molecule has 0 N–H and O–H groups in total. The van der Waals surface area contributed by atoms with Crippen LogP contribution in [0.3, 0.4) is 0 Å². The van der Waals surface area contributed by atoms with Crippen LogP contribution in [-0.4, -0.2) is 24.8 Å². The highest BCUT2D eigenvalue weighted by molar-refractivity contribution is 7.33. The number of piperidine rings is 1. The summed E-state index contributed by atoms with van der Waals surface area (Å²) in [6, 6.07) is 0. The summed E-state index contributed by atoms with van der Waals surface area (Å²) < 4.78 is 20.8. The Labute approximate surface area is 73.7 Å². The minimum absolute atomic E-state index is 0.434. The SMILES string of the molecule is CCO[P+](=O)ON1CCCCC1. The van der Waals surface area contributed by atoms with Crippen LogP contribution in [-0.2, 0) is 13.7 Å². The maximum atomic E-state index is 11.0. The molecule has 0 aliphatic carbocycles. The lowest BCUT2D eigenvalue weighted by molar-refractivity contribution is -0.0765. The van der Waals surface area contributed by atoms with Gasteiger partial charge >= 0.3 is 8.25 Å². The first-order valence-corrected chi connectivity index (χ1v) is 5.45. The largest absolute Gasteiger partial charge is 0.716 e. The number of hydrogen-bond donors (Lipinski definition) is 0. The van der Waals surface area contributed by atoms with E-state index in [0.717, 1.165) is 25.9 Å². The molecular formula is C7H15NO3P+. The number of hydrogen-bond acceptors (Lipinski definition) is 4. The van der Waals surface area contributed by atoms with Crippen molar-refractivity contribution in [1.29, 1.82) is 0 Å². The molecule has 1 rings (SSSR count). The van der Waals surface area contributed by atoms with Crippen molar-refractivity contribution < 1.29 is 13.7 Å². The summed E-state index contributed by atoms with van der Waals surface area (Å²) in [6.45, 7) is 3.97. The van der Waals surface area contributed by atoms with Crippen molar-refractivity contribution in [2.45, 2.75) is 26.2 Å². The molecule has 0 aromatic heterocycles. The summed E-state index contributed by atoms with van der Waals surface area (Å²) >= 11 is 0. The maximum Gasteiger partial charge on any atom is 0.716 e. The summed E-state index contributed by atoms with van der Waals surface area (Å²) in [5.74, 6) is 0. The van der Waals surface area contributed by atoms with Crippen LogP contribution in [0.5, 0.6) is 0 Å². The van der Waals surface area contributed by atoms with Gasteiger partial charge in [-0.05, 0) is 24.4 Å². The van der Waals surface area contributed by atoms with Crippen molar-refractivity contribution in [2.75, 3.05) is 19.7 Å². The molecule has 1 saturated heterocycles. The molecule has 1 heterocycles. The zero-order valence-electron chi connectivity index (χ0n) is 7.36. The van der Waals surface area contributed by atoms with E-state index in [-0.39, 0.29) is 0 Å². The lowest BCUT2D eigenvalue weighted by Gasteiger charge is -2.18. The summed E-state index contributed by atoms with van der Waals surface area (Å²) in [5.41, 5.74) is 0. The Hall–Kier alpha value is -0.0200. The summed E-state index contributed by atoms with van der Waals surface area (Å²) in [4.78, 5) is 0. The molecule has 0 radical (unpaired) electrons. The van der Waals surface area contributed by atoms with E-state index < -0.39 is 8.25 Å². The summed E-state index contributed by atoms with van der Waals surface area (Å²) in [7, 11) is -1.93. The normalized spacial score (nSPS) is 20.9. The fourth-order valence-corrected chi connectivity index (χ4v) is 1.78. The third-order valence-electron chi connectivity index (χ3n) is 1.73. The van der Waals surface area contributed by atoms with Crippen LogP contribution >= 0.6 is 8.25 Å². The number of hydroxylamine groups is 2. The van der Waals surface area contributed by atoms with E-state index in [1.54, 1.807) is 12.0 Å². The van der Waals surface area contributed by atoms with E-state index in [2.05, 4.69) is 0 Å². The minimum atomic E-state index is -1.93. The summed E-state index contributed by atoms with van der Waals surface area (Å²) in [6.07, 6.45) is 3.48. The molecule has 1 fully saturated rings. The third-order valence-corrected chi connectivity index (χ3v) is 2.56. The van der Waals surface area contributed by atoms with Gasteiger partial charge in [-0.25, -0.2) is 0 Å². The lowest BCUT2D eigenvalue weighted by Crippen LogP contribution is -2.27. The first-order chi connectivity index (χ1) is 5.83. The third kappa shape index (κ3) is 3.59. The zero-order chi connectivity index (χ0) is 8.81. The van der Waals surface area contributed by atoms with Gasteiger partial charge in [0.1, 0.15) is 6.61 Å². The van der Waals surface area contributed by atoms with Gasteiger partial charge in [-0.2, -0.15) is 0 Å². The zero-order valence-corrected chi connectivity index (χ0v) is 8.26. The molecule has 70 valence electrons. The van der Waals surface area contributed by atoms with E-state index in [1.165, 1.54) is 6.42 Å². The quantitative estimate of drug-likeness (QED) is 0.639. The molecule has 1 unspecified atom stereocenters. The average molecular weight is 192 g/mol. The fraction of sp³-hybridized carbons (Fsp3) is 1.00. The van der Waals surface area contributed by atoms with Gasteiger partial charge in [0.25, 0.3) is 0 Å². The van der Waals surface area contributed by atoms with Crippen LogP contribution < -0.4 is 0 Å². The predicted molar refractivity (Wildman–Crippen MR) is 45.7 cm³/mol. The van der Waals surface area contributed by atoms with Crippen molar-refractivity contribution in [3.8, 4) is 0 Å². The first-order valence-electron chi connectivity index (χ1n) is 4.36. The highest BCUT2D eigenvalue weighted by Gasteiger charge is 2.26. The van der Waals surface area contributed by atoms with Crippen LogP contribution in [0, 0.1) is 0 Å². The second-order valence-corrected chi connectivity index (χ2v) is 3.58.